The van der Waals surface area contributed by atoms with E-state index in [1.807, 2.05) is 0 Å². The van der Waals surface area contributed by atoms with Gasteiger partial charge in [0.1, 0.15) is 0 Å². The molecule has 0 aromatic carbocycles. The molecular weight excluding hydrogens is 411 g/mol. The third kappa shape index (κ3) is 4.02. The van der Waals surface area contributed by atoms with E-state index in [1.54, 1.807) is 0 Å². The van der Waals surface area contributed by atoms with Gasteiger partial charge in [-0.15, -0.1) is 0 Å². The minimum atomic E-state index is -1.46. The lowest BCUT2D eigenvalue weighted by Crippen LogP contribution is -2.48. The van der Waals surface area contributed by atoms with Crippen LogP contribution < -0.4 is 0 Å². The lowest BCUT2D eigenvalue weighted by Gasteiger charge is -2.49. The third-order valence-corrected chi connectivity index (χ3v) is 13.0. The van der Waals surface area contributed by atoms with Gasteiger partial charge in [0.2, 0.25) is 0 Å². The van der Waals surface area contributed by atoms with Gasteiger partial charge in [-0.05, 0) is 77.8 Å². The van der Waals surface area contributed by atoms with Gasteiger partial charge in [0, 0.05) is 6.10 Å². The largest absolute Gasteiger partial charge is 0.414 e. The highest BCUT2D eigenvalue weighted by Gasteiger charge is 2.53. The summed E-state index contributed by atoms with van der Waals surface area (Å²) < 4.78 is 8.34. The van der Waals surface area contributed by atoms with Crippen LogP contribution in [0, 0.1) is 23.2 Å². The Morgan fingerprint density at radius 1 is 1.13 bits per heavy atom. The Kier molecular flexibility index (Phi) is 7.50. The molecule has 0 aromatic heterocycles. The zero-order chi connectivity index (χ0) is 17.1. The SMILES string of the molecule is CC[Si](CC)(CC)O[C@H]1CCC[C@]2(C)C([C@H](C)CCI)CC[C@@H]12. The van der Waals surface area contributed by atoms with Gasteiger partial charge in [0.25, 0.3) is 0 Å². The van der Waals surface area contributed by atoms with Crippen LogP contribution in [0.15, 0.2) is 0 Å². The van der Waals surface area contributed by atoms with Gasteiger partial charge in [-0.3, -0.25) is 0 Å². The number of fused-ring (bicyclic) bond motifs is 1. The highest BCUT2D eigenvalue weighted by molar-refractivity contribution is 14.1. The molecule has 0 bridgehead atoms. The van der Waals surface area contributed by atoms with E-state index in [-0.39, 0.29) is 0 Å². The summed E-state index contributed by atoms with van der Waals surface area (Å²) in [5.41, 5.74) is 0.559. The maximum Gasteiger partial charge on any atom is 0.192 e. The van der Waals surface area contributed by atoms with E-state index in [0.717, 1.165) is 17.8 Å². The molecule has 0 aliphatic heterocycles. The normalized spacial score (nSPS) is 36.0. The number of alkyl halides is 1. The van der Waals surface area contributed by atoms with Crippen molar-refractivity contribution in [3.05, 3.63) is 0 Å². The fourth-order valence-electron chi connectivity index (χ4n) is 5.93. The molecule has 3 heteroatoms. The predicted molar refractivity (Wildman–Crippen MR) is 113 cm³/mol. The number of hydrogen-bond donors (Lipinski definition) is 0. The standard InChI is InChI=1S/C20H39IOSi/c1-6-23(7-2,8-3)22-19-10-9-14-20(5)17(11-12-18(19)20)16(4)13-15-21/h16-19H,6-15H2,1-5H3/t16-,17?,18+,19+,20-/m1/s1. The first kappa shape index (κ1) is 20.2. The van der Waals surface area contributed by atoms with Gasteiger partial charge < -0.3 is 4.43 Å². The molecule has 2 fully saturated rings. The van der Waals surface area contributed by atoms with Gasteiger partial charge in [-0.1, -0.05) is 63.6 Å². The van der Waals surface area contributed by atoms with Crippen molar-refractivity contribution in [2.45, 2.75) is 97.4 Å². The molecule has 1 unspecified atom stereocenters. The van der Waals surface area contributed by atoms with Gasteiger partial charge in [-0.25, -0.2) is 0 Å². The second-order valence-corrected chi connectivity index (χ2v) is 14.3. The van der Waals surface area contributed by atoms with Crippen LogP contribution in [0.4, 0.5) is 0 Å². The van der Waals surface area contributed by atoms with Crippen molar-refractivity contribution in [2.24, 2.45) is 23.2 Å². The summed E-state index contributed by atoms with van der Waals surface area (Å²) in [6, 6.07) is 3.90. The molecule has 2 aliphatic rings. The second kappa shape index (κ2) is 8.53. The number of hydrogen-bond acceptors (Lipinski definition) is 1. The molecule has 0 radical (unpaired) electrons. The minimum absolute atomic E-state index is 0.559. The Hall–Kier alpha value is 0.907. The fourth-order valence-corrected chi connectivity index (χ4v) is 9.84. The van der Waals surface area contributed by atoms with Gasteiger partial charge in [-0.2, -0.15) is 0 Å². The van der Waals surface area contributed by atoms with Crippen molar-refractivity contribution in [3.63, 3.8) is 0 Å². The van der Waals surface area contributed by atoms with Crippen molar-refractivity contribution in [1.29, 1.82) is 0 Å². The molecule has 136 valence electrons. The third-order valence-electron chi connectivity index (χ3n) is 7.72. The Morgan fingerprint density at radius 2 is 1.78 bits per heavy atom. The molecule has 0 N–H and O–H groups in total. The molecule has 1 nitrogen and oxygen atoms in total. The Bertz CT molecular complexity index is 362. The summed E-state index contributed by atoms with van der Waals surface area (Å²) in [6.45, 7) is 12.3. The van der Waals surface area contributed by atoms with E-state index in [0.29, 0.717) is 11.5 Å². The van der Waals surface area contributed by atoms with Gasteiger partial charge in [0.05, 0.1) is 0 Å². The maximum absolute atomic E-state index is 7.03. The van der Waals surface area contributed by atoms with Crippen LogP contribution >= 0.6 is 22.6 Å². The molecule has 2 rings (SSSR count). The Morgan fingerprint density at radius 3 is 2.35 bits per heavy atom. The first-order valence-electron chi connectivity index (χ1n) is 10.2. The first-order chi connectivity index (χ1) is 11.0. The van der Waals surface area contributed by atoms with Gasteiger partial charge >= 0.3 is 0 Å². The lowest BCUT2D eigenvalue weighted by molar-refractivity contribution is -0.0195. The number of rotatable bonds is 8. The van der Waals surface area contributed by atoms with Crippen LogP contribution in [-0.2, 0) is 4.43 Å². The van der Waals surface area contributed by atoms with E-state index >= 15 is 0 Å². The quantitative estimate of drug-likeness (QED) is 0.219. The van der Waals surface area contributed by atoms with Gasteiger partial charge in [0.15, 0.2) is 8.32 Å². The first-order valence-corrected chi connectivity index (χ1v) is 14.3. The van der Waals surface area contributed by atoms with Crippen LogP contribution in [0.2, 0.25) is 18.1 Å². The van der Waals surface area contributed by atoms with Crippen LogP contribution in [-0.4, -0.2) is 18.8 Å². The Labute approximate surface area is 160 Å². The maximum atomic E-state index is 7.03. The molecule has 0 spiro atoms. The van der Waals surface area contributed by atoms with Crippen molar-refractivity contribution >= 4 is 30.9 Å². The van der Waals surface area contributed by atoms with Crippen molar-refractivity contribution < 1.29 is 4.43 Å². The summed E-state index contributed by atoms with van der Waals surface area (Å²) >= 11 is 2.56. The topological polar surface area (TPSA) is 9.23 Å². The lowest BCUT2D eigenvalue weighted by atomic mass is 9.61. The predicted octanol–water partition coefficient (Wildman–Crippen LogP) is 7.05. The van der Waals surface area contributed by atoms with E-state index in [2.05, 4.69) is 57.2 Å². The molecule has 23 heavy (non-hydrogen) atoms. The van der Waals surface area contributed by atoms with E-state index in [4.69, 9.17) is 4.43 Å². The van der Waals surface area contributed by atoms with E-state index in [9.17, 15) is 0 Å². The molecule has 0 aromatic rings. The van der Waals surface area contributed by atoms with Crippen molar-refractivity contribution in [2.75, 3.05) is 4.43 Å². The molecule has 2 aliphatic carbocycles. The summed E-state index contributed by atoms with van der Waals surface area (Å²) in [4.78, 5) is 0. The zero-order valence-electron chi connectivity index (χ0n) is 16.2. The average molecular weight is 451 g/mol. The molecule has 5 atom stereocenters. The molecule has 0 saturated heterocycles. The second-order valence-electron chi connectivity index (χ2n) is 8.54. The van der Waals surface area contributed by atoms with Crippen molar-refractivity contribution in [1.82, 2.24) is 0 Å². The van der Waals surface area contributed by atoms with E-state index < -0.39 is 8.32 Å². The monoisotopic (exact) mass is 450 g/mol. The average Bonchev–Trinajstić information content (AvgIpc) is 2.91. The molecular formula is C20H39IOSi. The highest BCUT2D eigenvalue weighted by atomic mass is 127. The Balaban J connectivity index is 2.14. The van der Waals surface area contributed by atoms with Crippen LogP contribution in [0.5, 0.6) is 0 Å². The molecule has 0 amide bonds. The summed E-state index contributed by atoms with van der Waals surface area (Å²) in [7, 11) is -1.46. The smallest absolute Gasteiger partial charge is 0.192 e. The summed E-state index contributed by atoms with van der Waals surface area (Å²) in [6.07, 6.45) is 9.05. The van der Waals surface area contributed by atoms with E-state index in [1.165, 1.54) is 61.1 Å². The summed E-state index contributed by atoms with van der Waals surface area (Å²) in [5, 5.41) is 0. The van der Waals surface area contributed by atoms with Crippen molar-refractivity contribution in [3.8, 4) is 0 Å². The molecule has 2 saturated carbocycles. The highest BCUT2D eigenvalue weighted by Crippen LogP contribution is 2.59. The van der Waals surface area contributed by atoms with Crippen LogP contribution in [0.1, 0.15) is 73.1 Å². The van der Waals surface area contributed by atoms with Crippen LogP contribution in [0.25, 0.3) is 0 Å². The van der Waals surface area contributed by atoms with Crippen LogP contribution in [0.3, 0.4) is 0 Å². The number of halogens is 1. The molecule has 0 heterocycles. The minimum Gasteiger partial charge on any atom is -0.414 e. The fraction of sp³-hybridized carbons (Fsp3) is 1.00. The summed E-state index contributed by atoms with van der Waals surface area (Å²) in [5.74, 6) is 2.68. The zero-order valence-corrected chi connectivity index (χ0v) is 19.3.